The molecule has 0 bridgehead atoms. The molecule has 1 unspecified atom stereocenters. The number of likely N-dealkylation sites (tertiary alicyclic amines) is 1. The Bertz CT molecular complexity index is 856. The summed E-state index contributed by atoms with van der Waals surface area (Å²) in [5, 5.41) is 2.60. The standard InChI is InChI=1S/C23H32ClN3O5/c1-4-32-23(30)21(28)25-19-13-18(24)17(12-20(19)31-3)22(29)26(2)16-10-11-27(14-16)15-8-6-5-7-9-15/h12-13,15-16H,4-11,14H2,1-3H3,(H,25,28). The quantitative estimate of drug-likeness (QED) is 0.512. The third kappa shape index (κ3) is 5.53. The molecule has 1 saturated carbocycles. The highest BCUT2D eigenvalue weighted by molar-refractivity contribution is 6.38. The zero-order valence-corrected chi connectivity index (χ0v) is 19.7. The van der Waals surface area contributed by atoms with Crippen molar-refractivity contribution < 1.29 is 23.9 Å². The van der Waals surface area contributed by atoms with Gasteiger partial charge >= 0.3 is 11.9 Å². The third-order valence-corrected chi connectivity index (χ3v) is 6.70. The smallest absolute Gasteiger partial charge is 0.397 e. The number of anilines is 1. The molecule has 0 spiro atoms. The van der Waals surface area contributed by atoms with E-state index in [0.717, 1.165) is 19.5 Å². The first-order chi connectivity index (χ1) is 15.3. The van der Waals surface area contributed by atoms with Crippen LogP contribution in [0.2, 0.25) is 5.02 Å². The van der Waals surface area contributed by atoms with Gasteiger partial charge in [-0.05, 0) is 38.3 Å². The van der Waals surface area contributed by atoms with E-state index in [4.69, 9.17) is 21.1 Å². The van der Waals surface area contributed by atoms with E-state index in [9.17, 15) is 14.4 Å². The van der Waals surface area contributed by atoms with Gasteiger partial charge < -0.3 is 19.7 Å². The summed E-state index contributed by atoms with van der Waals surface area (Å²) in [6, 6.07) is 3.66. The molecule has 2 amide bonds. The van der Waals surface area contributed by atoms with Gasteiger partial charge in [-0.15, -0.1) is 0 Å². The molecule has 176 valence electrons. The Hall–Kier alpha value is -2.32. The van der Waals surface area contributed by atoms with E-state index in [1.54, 1.807) is 18.9 Å². The van der Waals surface area contributed by atoms with Crippen molar-refractivity contribution in [3.63, 3.8) is 0 Å². The first kappa shape index (κ1) is 24.3. The fourth-order valence-corrected chi connectivity index (χ4v) is 4.82. The van der Waals surface area contributed by atoms with Gasteiger partial charge in [0.15, 0.2) is 0 Å². The van der Waals surface area contributed by atoms with Crippen molar-refractivity contribution in [2.45, 2.75) is 57.5 Å². The van der Waals surface area contributed by atoms with Crippen molar-refractivity contribution in [3.05, 3.63) is 22.7 Å². The maximum atomic E-state index is 13.2. The number of hydrogen-bond donors (Lipinski definition) is 1. The molecule has 1 N–H and O–H groups in total. The molecule has 3 rings (SSSR count). The lowest BCUT2D eigenvalue weighted by molar-refractivity contribution is -0.152. The second kappa shape index (κ2) is 11.0. The van der Waals surface area contributed by atoms with Gasteiger partial charge in [0, 0.05) is 32.2 Å². The van der Waals surface area contributed by atoms with Gasteiger partial charge in [-0.1, -0.05) is 30.9 Å². The second-order valence-corrected chi connectivity index (χ2v) is 8.76. The lowest BCUT2D eigenvalue weighted by Crippen LogP contribution is -2.41. The first-order valence-electron chi connectivity index (χ1n) is 11.2. The van der Waals surface area contributed by atoms with Gasteiger partial charge in [-0.3, -0.25) is 14.5 Å². The van der Waals surface area contributed by atoms with Crippen LogP contribution in [-0.4, -0.2) is 73.5 Å². The number of ether oxygens (including phenoxy) is 2. The molecule has 2 fully saturated rings. The SMILES string of the molecule is CCOC(=O)C(=O)Nc1cc(Cl)c(C(=O)N(C)C2CCN(C3CCCCC3)C2)cc1OC. The summed E-state index contributed by atoms with van der Waals surface area (Å²) in [6.45, 7) is 3.57. The highest BCUT2D eigenvalue weighted by atomic mass is 35.5. The molecule has 1 aromatic rings. The Morgan fingerprint density at radius 3 is 2.56 bits per heavy atom. The van der Waals surface area contributed by atoms with Crippen LogP contribution in [0.15, 0.2) is 12.1 Å². The van der Waals surface area contributed by atoms with Crippen molar-refractivity contribution in [1.82, 2.24) is 9.80 Å². The van der Waals surface area contributed by atoms with Crippen LogP contribution >= 0.6 is 11.6 Å². The zero-order chi connectivity index (χ0) is 23.3. The van der Waals surface area contributed by atoms with Crippen molar-refractivity contribution >= 4 is 35.1 Å². The summed E-state index contributed by atoms with van der Waals surface area (Å²) < 4.78 is 10.0. The summed E-state index contributed by atoms with van der Waals surface area (Å²) in [5.41, 5.74) is 0.482. The van der Waals surface area contributed by atoms with E-state index in [-0.39, 0.29) is 40.6 Å². The monoisotopic (exact) mass is 465 g/mol. The maximum absolute atomic E-state index is 13.2. The second-order valence-electron chi connectivity index (χ2n) is 8.35. The van der Waals surface area contributed by atoms with E-state index >= 15 is 0 Å². The van der Waals surface area contributed by atoms with Gasteiger partial charge in [-0.2, -0.15) is 0 Å². The van der Waals surface area contributed by atoms with Gasteiger partial charge in [0.2, 0.25) is 0 Å². The largest absolute Gasteiger partial charge is 0.495 e. The van der Waals surface area contributed by atoms with Crippen LogP contribution in [0, 0.1) is 0 Å². The molecule has 8 nitrogen and oxygen atoms in total. The normalized spacial score (nSPS) is 19.4. The van der Waals surface area contributed by atoms with Gasteiger partial charge in [0.25, 0.3) is 5.91 Å². The predicted molar refractivity (Wildman–Crippen MR) is 122 cm³/mol. The van der Waals surface area contributed by atoms with Crippen LogP contribution in [0.4, 0.5) is 5.69 Å². The highest BCUT2D eigenvalue weighted by Crippen LogP contribution is 2.33. The van der Waals surface area contributed by atoms with Crippen LogP contribution < -0.4 is 10.1 Å². The molecule has 0 aromatic heterocycles. The number of methoxy groups -OCH3 is 1. The molecule has 2 aliphatic rings. The Morgan fingerprint density at radius 1 is 1.19 bits per heavy atom. The Labute approximate surface area is 194 Å². The number of rotatable bonds is 6. The first-order valence-corrected chi connectivity index (χ1v) is 11.6. The minimum Gasteiger partial charge on any atom is -0.495 e. The number of esters is 1. The summed E-state index contributed by atoms with van der Waals surface area (Å²) in [5.74, 6) is -1.91. The number of halogens is 1. The van der Waals surface area contributed by atoms with Gasteiger partial charge in [0.05, 0.1) is 30.0 Å². The van der Waals surface area contributed by atoms with Gasteiger partial charge in [-0.25, -0.2) is 4.79 Å². The van der Waals surface area contributed by atoms with E-state index in [1.807, 2.05) is 0 Å². The Kier molecular flexibility index (Phi) is 8.37. The topological polar surface area (TPSA) is 88.2 Å². The van der Waals surface area contributed by atoms with Crippen molar-refractivity contribution in [2.24, 2.45) is 0 Å². The van der Waals surface area contributed by atoms with Crippen molar-refractivity contribution in [3.8, 4) is 5.75 Å². The van der Waals surface area contributed by atoms with Crippen LogP contribution in [0.25, 0.3) is 0 Å². The fourth-order valence-electron chi connectivity index (χ4n) is 4.57. The minimum absolute atomic E-state index is 0.0866. The molecule has 0 radical (unpaired) electrons. The lowest BCUT2D eigenvalue weighted by atomic mass is 9.94. The molecule has 1 atom stereocenters. The maximum Gasteiger partial charge on any atom is 0.397 e. The lowest BCUT2D eigenvalue weighted by Gasteiger charge is -2.32. The van der Waals surface area contributed by atoms with Crippen molar-refractivity contribution in [1.29, 1.82) is 0 Å². The molecule has 32 heavy (non-hydrogen) atoms. The van der Waals surface area contributed by atoms with E-state index in [1.165, 1.54) is 51.3 Å². The number of nitrogens with one attached hydrogen (secondary N) is 1. The number of carbonyl (C=O) groups excluding carboxylic acids is 3. The summed E-state index contributed by atoms with van der Waals surface area (Å²) >= 11 is 6.40. The van der Waals surface area contributed by atoms with Gasteiger partial charge in [0.1, 0.15) is 5.75 Å². The number of amides is 2. The number of hydrogen-bond acceptors (Lipinski definition) is 6. The van der Waals surface area contributed by atoms with Crippen LogP contribution in [0.1, 0.15) is 55.8 Å². The number of likely N-dealkylation sites (N-methyl/N-ethyl adjacent to an activating group) is 1. The average molecular weight is 466 g/mol. The predicted octanol–water partition coefficient (Wildman–Crippen LogP) is 3.33. The molecule has 1 aliphatic carbocycles. The molecular formula is C23H32ClN3O5. The Balaban J connectivity index is 1.70. The van der Waals surface area contributed by atoms with Crippen molar-refractivity contribution in [2.75, 3.05) is 39.2 Å². The van der Waals surface area contributed by atoms with E-state index in [2.05, 4.69) is 10.2 Å². The summed E-state index contributed by atoms with van der Waals surface area (Å²) in [4.78, 5) is 41.1. The number of carbonyl (C=O) groups is 3. The van der Waals surface area contributed by atoms with E-state index in [0.29, 0.717) is 6.04 Å². The zero-order valence-electron chi connectivity index (χ0n) is 19.0. The van der Waals surface area contributed by atoms with Crippen LogP contribution in [0.5, 0.6) is 5.75 Å². The average Bonchev–Trinajstić information content (AvgIpc) is 3.29. The minimum atomic E-state index is -1.01. The molecule has 9 heteroatoms. The molecule has 1 aromatic carbocycles. The number of benzene rings is 1. The highest BCUT2D eigenvalue weighted by Gasteiger charge is 2.33. The van der Waals surface area contributed by atoms with Crippen LogP contribution in [-0.2, 0) is 14.3 Å². The van der Waals surface area contributed by atoms with Crippen LogP contribution in [0.3, 0.4) is 0 Å². The summed E-state index contributed by atoms with van der Waals surface area (Å²) in [6.07, 6.45) is 7.31. The Morgan fingerprint density at radius 2 is 1.91 bits per heavy atom. The molecule has 1 saturated heterocycles. The van der Waals surface area contributed by atoms with E-state index < -0.39 is 11.9 Å². The summed E-state index contributed by atoms with van der Waals surface area (Å²) in [7, 11) is 3.22. The molecule has 1 heterocycles. The molecular weight excluding hydrogens is 434 g/mol. The third-order valence-electron chi connectivity index (χ3n) is 6.38. The fraction of sp³-hybridized carbons (Fsp3) is 0.609. The molecule has 1 aliphatic heterocycles. The number of nitrogens with zero attached hydrogens (tertiary/aromatic N) is 2.